The highest BCUT2D eigenvalue weighted by Gasteiger charge is 2.10. The summed E-state index contributed by atoms with van der Waals surface area (Å²) in [6, 6.07) is 12.0. The van der Waals surface area contributed by atoms with Gasteiger partial charge in [-0.05, 0) is 48.5 Å². The second-order valence-corrected chi connectivity index (χ2v) is 5.18. The summed E-state index contributed by atoms with van der Waals surface area (Å²) in [6.07, 6.45) is 0. The van der Waals surface area contributed by atoms with Crippen LogP contribution >= 0.6 is 0 Å². The number of halogens is 1. The number of carbonyl (C=O) groups excluding carboxylic acids is 2. The number of ether oxygens (including phenoxy) is 1. The van der Waals surface area contributed by atoms with Gasteiger partial charge in [-0.25, -0.2) is 4.39 Å². The first-order chi connectivity index (χ1) is 11.0. The number of rotatable bonds is 4. The molecule has 0 fully saturated rings. The summed E-state index contributed by atoms with van der Waals surface area (Å²) in [4.78, 5) is 23.3. The van der Waals surface area contributed by atoms with Crippen LogP contribution in [0.3, 0.4) is 0 Å². The lowest BCUT2D eigenvalue weighted by atomic mass is 10.2. The van der Waals surface area contributed by atoms with Gasteiger partial charge in [0.2, 0.25) is 5.91 Å². The van der Waals surface area contributed by atoms with Gasteiger partial charge in [-0.15, -0.1) is 0 Å². The minimum absolute atomic E-state index is 0.221. The van der Waals surface area contributed by atoms with Crippen LogP contribution in [0.4, 0.5) is 4.39 Å². The number of hydrazine groups is 1. The van der Waals surface area contributed by atoms with Gasteiger partial charge in [0.1, 0.15) is 17.3 Å². The van der Waals surface area contributed by atoms with Crippen molar-refractivity contribution in [3.63, 3.8) is 0 Å². The number of carbonyl (C=O) groups is 2. The molecule has 2 amide bonds. The first-order valence-corrected chi connectivity index (χ1v) is 7.09. The van der Waals surface area contributed by atoms with Gasteiger partial charge in [0, 0.05) is 11.5 Å². The van der Waals surface area contributed by atoms with Crippen LogP contribution < -0.4 is 15.6 Å². The van der Waals surface area contributed by atoms with Crippen molar-refractivity contribution >= 4 is 11.8 Å². The second kappa shape index (κ2) is 7.40. The molecule has 2 N–H and O–H groups in total. The van der Waals surface area contributed by atoms with E-state index < -0.39 is 5.91 Å². The van der Waals surface area contributed by atoms with Gasteiger partial charge in [-0.3, -0.25) is 20.4 Å². The van der Waals surface area contributed by atoms with Gasteiger partial charge in [-0.2, -0.15) is 0 Å². The molecule has 120 valence electrons. The number of amides is 2. The zero-order valence-electron chi connectivity index (χ0n) is 12.8. The van der Waals surface area contributed by atoms with E-state index in [2.05, 4.69) is 10.9 Å². The van der Waals surface area contributed by atoms with E-state index in [4.69, 9.17) is 4.74 Å². The molecule has 0 aliphatic rings. The van der Waals surface area contributed by atoms with Crippen LogP contribution in [0.2, 0.25) is 0 Å². The van der Waals surface area contributed by atoms with E-state index in [-0.39, 0.29) is 17.6 Å². The van der Waals surface area contributed by atoms with E-state index in [9.17, 15) is 14.0 Å². The van der Waals surface area contributed by atoms with Crippen molar-refractivity contribution in [2.75, 3.05) is 0 Å². The quantitative estimate of drug-likeness (QED) is 0.852. The summed E-state index contributed by atoms with van der Waals surface area (Å²) < 4.78 is 18.3. The monoisotopic (exact) mass is 316 g/mol. The van der Waals surface area contributed by atoms with Crippen molar-refractivity contribution in [3.05, 3.63) is 59.9 Å². The lowest BCUT2D eigenvalue weighted by Gasteiger charge is -2.10. The lowest BCUT2D eigenvalue weighted by molar-refractivity contribution is -0.124. The first kappa shape index (κ1) is 16.5. The van der Waals surface area contributed by atoms with Crippen molar-refractivity contribution in [2.24, 2.45) is 5.92 Å². The van der Waals surface area contributed by atoms with Gasteiger partial charge in [-0.1, -0.05) is 13.8 Å². The highest BCUT2D eigenvalue weighted by molar-refractivity contribution is 5.95. The van der Waals surface area contributed by atoms with Gasteiger partial charge in [0.15, 0.2) is 0 Å². The van der Waals surface area contributed by atoms with Crippen LogP contribution in [-0.2, 0) is 4.79 Å². The first-order valence-electron chi connectivity index (χ1n) is 7.09. The van der Waals surface area contributed by atoms with E-state index in [0.717, 1.165) is 0 Å². The zero-order valence-corrected chi connectivity index (χ0v) is 12.8. The van der Waals surface area contributed by atoms with Crippen LogP contribution in [0.15, 0.2) is 48.5 Å². The van der Waals surface area contributed by atoms with E-state index in [1.165, 1.54) is 24.3 Å². The molecule has 6 heteroatoms. The number of hydrogen-bond donors (Lipinski definition) is 2. The van der Waals surface area contributed by atoms with Crippen LogP contribution in [0.1, 0.15) is 24.2 Å². The van der Waals surface area contributed by atoms with E-state index in [0.29, 0.717) is 17.1 Å². The second-order valence-electron chi connectivity index (χ2n) is 5.18. The van der Waals surface area contributed by atoms with Crippen molar-refractivity contribution in [1.29, 1.82) is 0 Å². The Morgan fingerprint density at radius 2 is 1.43 bits per heavy atom. The summed E-state index contributed by atoms with van der Waals surface area (Å²) in [5.41, 5.74) is 5.04. The highest BCUT2D eigenvalue weighted by atomic mass is 19.1. The molecule has 0 radical (unpaired) electrons. The average Bonchev–Trinajstić information content (AvgIpc) is 2.55. The molecule has 0 spiro atoms. The van der Waals surface area contributed by atoms with Crippen LogP contribution in [0, 0.1) is 11.7 Å². The fourth-order valence-electron chi connectivity index (χ4n) is 1.65. The van der Waals surface area contributed by atoms with E-state index in [1.54, 1.807) is 38.1 Å². The van der Waals surface area contributed by atoms with E-state index >= 15 is 0 Å². The molecule has 0 atom stereocenters. The molecule has 2 aromatic rings. The Kier molecular flexibility index (Phi) is 5.30. The van der Waals surface area contributed by atoms with Crippen molar-refractivity contribution in [2.45, 2.75) is 13.8 Å². The van der Waals surface area contributed by atoms with Gasteiger partial charge in [0.25, 0.3) is 5.91 Å². The topological polar surface area (TPSA) is 67.4 Å². The fraction of sp³-hybridized carbons (Fsp3) is 0.176. The van der Waals surface area contributed by atoms with Gasteiger partial charge in [0.05, 0.1) is 0 Å². The smallest absolute Gasteiger partial charge is 0.269 e. The minimum atomic E-state index is -0.424. The molecule has 0 aliphatic carbocycles. The largest absolute Gasteiger partial charge is 0.457 e. The Morgan fingerprint density at radius 1 is 0.913 bits per heavy atom. The average molecular weight is 316 g/mol. The molecule has 0 saturated heterocycles. The minimum Gasteiger partial charge on any atom is -0.457 e. The molecule has 0 aromatic heterocycles. The molecule has 5 nitrogen and oxygen atoms in total. The molecule has 2 aromatic carbocycles. The Balaban J connectivity index is 1.94. The van der Waals surface area contributed by atoms with Gasteiger partial charge < -0.3 is 4.74 Å². The molecule has 0 aliphatic heterocycles. The number of nitrogens with one attached hydrogen (secondary N) is 2. The normalized spacial score (nSPS) is 10.3. The third-order valence-corrected chi connectivity index (χ3v) is 2.99. The fourth-order valence-corrected chi connectivity index (χ4v) is 1.65. The van der Waals surface area contributed by atoms with E-state index in [1.807, 2.05) is 0 Å². The Hall–Kier alpha value is -2.89. The third kappa shape index (κ3) is 4.81. The Morgan fingerprint density at radius 3 is 1.96 bits per heavy atom. The molecule has 2 rings (SSSR count). The Bertz CT molecular complexity index is 682. The van der Waals surface area contributed by atoms with Gasteiger partial charge >= 0.3 is 0 Å². The molecular formula is C17H17FN2O3. The predicted octanol–water partition coefficient (Wildman–Crippen LogP) is 3.04. The summed E-state index contributed by atoms with van der Waals surface area (Å²) >= 11 is 0. The van der Waals surface area contributed by atoms with Crippen molar-refractivity contribution in [1.82, 2.24) is 10.9 Å². The summed E-state index contributed by atoms with van der Waals surface area (Å²) in [7, 11) is 0. The lowest BCUT2D eigenvalue weighted by Crippen LogP contribution is -2.43. The molecule has 0 unspecified atom stereocenters. The van der Waals surface area contributed by atoms with Crippen molar-refractivity contribution < 1.29 is 18.7 Å². The molecule has 0 bridgehead atoms. The summed E-state index contributed by atoms with van der Waals surface area (Å²) in [5.74, 6) is -0.247. The highest BCUT2D eigenvalue weighted by Crippen LogP contribution is 2.21. The standard InChI is InChI=1S/C17H17FN2O3/c1-11(2)16(21)19-20-17(22)12-3-7-14(8-4-12)23-15-9-5-13(18)6-10-15/h3-11H,1-2H3,(H,19,21)(H,20,22). The zero-order chi connectivity index (χ0) is 16.8. The number of benzene rings is 2. The maximum Gasteiger partial charge on any atom is 0.269 e. The van der Waals surface area contributed by atoms with Crippen LogP contribution in [0.5, 0.6) is 11.5 Å². The maximum absolute atomic E-state index is 12.8. The van der Waals surface area contributed by atoms with Crippen molar-refractivity contribution in [3.8, 4) is 11.5 Å². The SMILES string of the molecule is CC(C)C(=O)NNC(=O)c1ccc(Oc2ccc(F)cc2)cc1. The summed E-state index contributed by atoms with van der Waals surface area (Å²) in [5, 5.41) is 0. The molecule has 0 saturated carbocycles. The molecular weight excluding hydrogens is 299 g/mol. The molecule has 0 heterocycles. The molecule has 23 heavy (non-hydrogen) atoms. The maximum atomic E-state index is 12.8. The van der Waals surface area contributed by atoms with Crippen LogP contribution in [-0.4, -0.2) is 11.8 Å². The Labute approximate surface area is 133 Å². The number of hydrogen-bond acceptors (Lipinski definition) is 3. The summed E-state index contributed by atoms with van der Waals surface area (Å²) in [6.45, 7) is 3.45. The van der Waals surface area contributed by atoms with Crippen LogP contribution in [0.25, 0.3) is 0 Å². The predicted molar refractivity (Wildman–Crippen MR) is 83.4 cm³/mol. The third-order valence-electron chi connectivity index (χ3n) is 2.99.